The van der Waals surface area contributed by atoms with Crippen LogP contribution in [0, 0.1) is 17.3 Å². The molecule has 0 saturated heterocycles. The molecule has 3 rings (SSSR count). The average molecular weight is 216 g/mol. The average Bonchev–Trinajstić information content (AvgIpc) is 2.66. The molecular weight excluding hydrogens is 200 g/mol. The van der Waals surface area contributed by atoms with E-state index >= 15 is 0 Å². The molecular formula is C14H16O2. The predicted octanol–water partition coefficient (Wildman–Crippen LogP) is 2.28. The van der Waals surface area contributed by atoms with Gasteiger partial charge < -0.3 is 4.74 Å². The summed E-state index contributed by atoms with van der Waals surface area (Å²) in [7, 11) is 1.70. The maximum absolute atomic E-state index is 12.3. The molecule has 0 radical (unpaired) electrons. The third-order valence-corrected chi connectivity index (χ3v) is 4.32. The highest BCUT2D eigenvalue weighted by Crippen LogP contribution is 2.54. The van der Waals surface area contributed by atoms with Crippen LogP contribution in [0.25, 0.3) is 0 Å². The number of hydrogen-bond acceptors (Lipinski definition) is 2. The smallest absolute Gasteiger partial charge is 0.165 e. The standard InChI is InChI=1S/C14H16O2/c1-16-13-7-3-6-10-4-2-5-11-8-9-12(15)14(10,11)13/h2-4,7-11,13H,5-6H2,1H3/t10-,11-,13?,14+/m1/s1. The molecule has 84 valence electrons. The van der Waals surface area contributed by atoms with E-state index in [1.54, 1.807) is 13.2 Å². The molecule has 0 saturated carbocycles. The largest absolute Gasteiger partial charge is 0.376 e. The lowest BCUT2D eigenvalue weighted by Crippen LogP contribution is -2.52. The van der Waals surface area contributed by atoms with Crippen molar-refractivity contribution in [2.45, 2.75) is 18.9 Å². The van der Waals surface area contributed by atoms with E-state index < -0.39 is 0 Å². The summed E-state index contributed by atoms with van der Waals surface area (Å²) in [6.45, 7) is 0. The molecule has 0 aromatic carbocycles. The van der Waals surface area contributed by atoms with E-state index in [4.69, 9.17) is 4.74 Å². The second kappa shape index (κ2) is 3.42. The van der Waals surface area contributed by atoms with E-state index in [-0.39, 0.29) is 17.3 Å². The molecule has 0 heterocycles. The summed E-state index contributed by atoms with van der Waals surface area (Å²) >= 11 is 0. The highest BCUT2D eigenvalue weighted by Gasteiger charge is 2.57. The topological polar surface area (TPSA) is 26.3 Å². The summed E-state index contributed by atoms with van der Waals surface area (Å²) in [5.74, 6) is 0.886. The minimum atomic E-state index is -0.335. The van der Waals surface area contributed by atoms with E-state index in [9.17, 15) is 4.79 Å². The van der Waals surface area contributed by atoms with Gasteiger partial charge in [-0.15, -0.1) is 0 Å². The van der Waals surface area contributed by atoms with Gasteiger partial charge in [-0.2, -0.15) is 0 Å². The Balaban J connectivity index is 2.14. The van der Waals surface area contributed by atoms with Crippen LogP contribution in [0.1, 0.15) is 12.8 Å². The van der Waals surface area contributed by atoms with Crippen molar-refractivity contribution in [1.29, 1.82) is 0 Å². The Hall–Kier alpha value is -1.15. The van der Waals surface area contributed by atoms with E-state index in [1.165, 1.54) is 0 Å². The summed E-state index contributed by atoms with van der Waals surface area (Å²) in [6.07, 6.45) is 14.3. The number of ketones is 1. The SMILES string of the molecule is COC1C=CC[C@H]2C=CC[C@@H]3C=CC(=O)[C@]123. The maximum Gasteiger partial charge on any atom is 0.165 e. The fourth-order valence-corrected chi connectivity index (χ4v) is 3.59. The number of carbonyl (C=O) groups excluding carboxylic acids is 1. The number of rotatable bonds is 1. The maximum atomic E-state index is 12.3. The number of allylic oxidation sites excluding steroid dienone is 5. The van der Waals surface area contributed by atoms with Crippen LogP contribution in [0.15, 0.2) is 36.5 Å². The van der Waals surface area contributed by atoms with Gasteiger partial charge in [-0.25, -0.2) is 0 Å². The first-order valence-electron chi connectivity index (χ1n) is 5.89. The van der Waals surface area contributed by atoms with Gasteiger partial charge in [0, 0.05) is 7.11 Å². The van der Waals surface area contributed by atoms with Crippen LogP contribution in [0.2, 0.25) is 0 Å². The van der Waals surface area contributed by atoms with Crippen molar-refractivity contribution >= 4 is 5.78 Å². The van der Waals surface area contributed by atoms with Crippen molar-refractivity contribution in [3.8, 4) is 0 Å². The molecule has 3 aliphatic carbocycles. The van der Waals surface area contributed by atoms with Gasteiger partial charge in [-0.05, 0) is 30.8 Å². The Morgan fingerprint density at radius 3 is 2.62 bits per heavy atom. The first-order valence-corrected chi connectivity index (χ1v) is 5.89. The molecule has 16 heavy (non-hydrogen) atoms. The molecule has 0 amide bonds. The van der Waals surface area contributed by atoms with Crippen LogP contribution < -0.4 is 0 Å². The van der Waals surface area contributed by atoms with Crippen molar-refractivity contribution in [2.24, 2.45) is 17.3 Å². The zero-order valence-electron chi connectivity index (χ0n) is 9.43. The molecule has 3 aliphatic rings. The Kier molecular flexibility index (Phi) is 2.15. The summed E-state index contributed by atoms with van der Waals surface area (Å²) in [5, 5.41) is 0. The lowest BCUT2D eigenvalue weighted by atomic mass is 9.57. The molecule has 0 aromatic heterocycles. The molecule has 0 aromatic rings. The normalized spacial score (nSPS) is 44.6. The van der Waals surface area contributed by atoms with Gasteiger partial charge in [-0.1, -0.05) is 30.4 Å². The molecule has 0 fully saturated rings. The van der Waals surface area contributed by atoms with Crippen molar-refractivity contribution in [3.05, 3.63) is 36.5 Å². The monoisotopic (exact) mass is 216 g/mol. The second-order valence-corrected chi connectivity index (χ2v) is 4.85. The number of ether oxygens (including phenoxy) is 1. The highest BCUT2D eigenvalue weighted by atomic mass is 16.5. The van der Waals surface area contributed by atoms with Crippen molar-refractivity contribution in [3.63, 3.8) is 0 Å². The summed E-state index contributed by atoms with van der Waals surface area (Å²) in [6, 6.07) is 0. The van der Waals surface area contributed by atoms with Gasteiger partial charge in [0.05, 0.1) is 11.5 Å². The Bertz CT molecular complexity index is 405. The minimum Gasteiger partial charge on any atom is -0.376 e. The van der Waals surface area contributed by atoms with Gasteiger partial charge in [-0.3, -0.25) is 4.79 Å². The van der Waals surface area contributed by atoms with Crippen LogP contribution in [-0.2, 0) is 9.53 Å². The molecule has 1 unspecified atom stereocenters. The fourth-order valence-electron chi connectivity index (χ4n) is 3.59. The van der Waals surface area contributed by atoms with Crippen molar-refractivity contribution in [1.82, 2.24) is 0 Å². The lowest BCUT2D eigenvalue weighted by Gasteiger charge is -2.47. The van der Waals surface area contributed by atoms with Crippen LogP contribution in [0.3, 0.4) is 0 Å². The lowest BCUT2D eigenvalue weighted by molar-refractivity contribution is -0.137. The van der Waals surface area contributed by atoms with Gasteiger partial charge >= 0.3 is 0 Å². The third kappa shape index (κ3) is 1.03. The predicted molar refractivity (Wildman–Crippen MR) is 61.9 cm³/mol. The van der Waals surface area contributed by atoms with Crippen LogP contribution in [-0.4, -0.2) is 19.0 Å². The first kappa shape index (κ1) is 10.0. The minimum absolute atomic E-state index is 0.0660. The zero-order valence-corrected chi connectivity index (χ0v) is 9.43. The summed E-state index contributed by atoms with van der Waals surface area (Å²) < 4.78 is 5.55. The molecule has 0 aliphatic heterocycles. The Morgan fingerprint density at radius 2 is 1.88 bits per heavy atom. The molecule has 2 heteroatoms. The first-order chi connectivity index (χ1) is 7.80. The number of methoxy groups -OCH3 is 1. The highest BCUT2D eigenvalue weighted by molar-refractivity contribution is 5.99. The summed E-state index contributed by atoms with van der Waals surface area (Å²) in [5.41, 5.74) is -0.335. The van der Waals surface area contributed by atoms with Gasteiger partial charge in [0.15, 0.2) is 5.78 Å². The molecule has 2 nitrogen and oxygen atoms in total. The zero-order chi connectivity index (χ0) is 11.2. The Labute approximate surface area is 95.7 Å². The summed E-state index contributed by atoms with van der Waals surface area (Å²) in [4.78, 5) is 12.3. The van der Waals surface area contributed by atoms with E-state index in [0.29, 0.717) is 11.8 Å². The molecule has 0 N–H and O–H groups in total. The number of carbonyl (C=O) groups is 1. The molecule has 1 spiro atoms. The van der Waals surface area contributed by atoms with Crippen LogP contribution in [0.4, 0.5) is 0 Å². The van der Waals surface area contributed by atoms with Crippen LogP contribution in [0.5, 0.6) is 0 Å². The van der Waals surface area contributed by atoms with E-state index in [1.807, 2.05) is 0 Å². The third-order valence-electron chi connectivity index (χ3n) is 4.32. The molecule has 4 atom stereocenters. The fraction of sp³-hybridized carbons (Fsp3) is 0.500. The van der Waals surface area contributed by atoms with Crippen molar-refractivity contribution < 1.29 is 9.53 Å². The number of hydrogen-bond donors (Lipinski definition) is 0. The van der Waals surface area contributed by atoms with Crippen molar-refractivity contribution in [2.75, 3.05) is 7.11 Å². The van der Waals surface area contributed by atoms with E-state index in [2.05, 4.69) is 30.4 Å². The van der Waals surface area contributed by atoms with Gasteiger partial charge in [0.25, 0.3) is 0 Å². The Morgan fingerprint density at radius 1 is 1.19 bits per heavy atom. The van der Waals surface area contributed by atoms with Crippen LogP contribution >= 0.6 is 0 Å². The second-order valence-electron chi connectivity index (χ2n) is 4.85. The van der Waals surface area contributed by atoms with E-state index in [0.717, 1.165) is 12.8 Å². The quantitative estimate of drug-likeness (QED) is 0.628. The molecule has 0 bridgehead atoms. The van der Waals surface area contributed by atoms with Gasteiger partial charge in [0.2, 0.25) is 0 Å². The van der Waals surface area contributed by atoms with Gasteiger partial charge in [0.1, 0.15) is 0 Å².